The molecule has 0 fully saturated rings. The molecule has 27 heavy (non-hydrogen) atoms. The molecule has 1 N–H and O–H groups in total. The Labute approximate surface area is 164 Å². The van der Waals surface area contributed by atoms with E-state index in [4.69, 9.17) is 4.74 Å². The second-order valence-electron chi connectivity index (χ2n) is 6.89. The number of carbonyl (C=O) groups excluding carboxylic acids is 2. The van der Waals surface area contributed by atoms with Gasteiger partial charge < -0.3 is 10.1 Å². The lowest BCUT2D eigenvalue weighted by Gasteiger charge is -2.19. The van der Waals surface area contributed by atoms with Crippen LogP contribution in [0.15, 0.2) is 30.3 Å². The molecule has 1 aromatic carbocycles. The summed E-state index contributed by atoms with van der Waals surface area (Å²) < 4.78 is 5.26. The van der Waals surface area contributed by atoms with E-state index in [0.29, 0.717) is 23.1 Å². The molecule has 2 aromatic rings. The average Bonchev–Trinajstić information content (AvgIpc) is 3.01. The predicted molar refractivity (Wildman–Crippen MR) is 110 cm³/mol. The summed E-state index contributed by atoms with van der Waals surface area (Å²) in [7, 11) is 0. The van der Waals surface area contributed by atoms with Crippen molar-refractivity contribution in [3.05, 3.63) is 57.5 Å². The number of benzene rings is 1. The Balaban J connectivity index is 1.84. The van der Waals surface area contributed by atoms with Gasteiger partial charge in [-0.15, -0.1) is 11.3 Å². The Kier molecular flexibility index (Phi) is 6.11. The van der Waals surface area contributed by atoms with Gasteiger partial charge in [-0.05, 0) is 56.2 Å². The molecule has 3 rings (SSSR count). The van der Waals surface area contributed by atoms with Gasteiger partial charge in [0.2, 0.25) is 5.91 Å². The van der Waals surface area contributed by atoms with Crippen molar-refractivity contribution in [2.75, 3.05) is 11.9 Å². The molecule has 1 atom stereocenters. The van der Waals surface area contributed by atoms with Crippen molar-refractivity contribution in [3.8, 4) is 0 Å². The third kappa shape index (κ3) is 4.48. The number of anilines is 1. The highest BCUT2D eigenvalue weighted by atomic mass is 32.1. The first-order valence-electron chi connectivity index (χ1n) is 9.38. The van der Waals surface area contributed by atoms with Crippen LogP contribution in [0.5, 0.6) is 0 Å². The number of nitrogens with one attached hydrogen (secondary N) is 1. The van der Waals surface area contributed by atoms with Gasteiger partial charge in [0.05, 0.1) is 12.2 Å². The van der Waals surface area contributed by atoms with Crippen LogP contribution in [-0.2, 0) is 16.0 Å². The minimum Gasteiger partial charge on any atom is -0.462 e. The Bertz CT molecular complexity index is 864. The van der Waals surface area contributed by atoms with Gasteiger partial charge in [0.25, 0.3) is 0 Å². The molecule has 4 nitrogen and oxygen atoms in total. The number of esters is 1. The zero-order valence-corrected chi connectivity index (χ0v) is 16.8. The van der Waals surface area contributed by atoms with Gasteiger partial charge in [-0.2, -0.15) is 0 Å². The normalized spacial score (nSPS) is 16.2. The SMILES string of the molecule is CCOC(=O)c1c(NC(=O)C=Cc2ccc(C)cc2)sc2c1C(C)CCC2. The van der Waals surface area contributed by atoms with Crippen LogP contribution in [0.2, 0.25) is 0 Å². The highest BCUT2D eigenvalue weighted by molar-refractivity contribution is 7.17. The minimum atomic E-state index is -0.346. The largest absolute Gasteiger partial charge is 0.462 e. The van der Waals surface area contributed by atoms with Gasteiger partial charge >= 0.3 is 5.97 Å². The number of carbonyl (C=O) groups is 2. The number of hydrogen-bond acceptors (Lipinski definition) is 4. The summed E-state index contributed by atoms with van der Waals surface area (Å²) in [6.45, 7) is 6.27. The summed E-state index contributed by atoms with van der Waals surface area (Å²) in [6.07, 6.45) is 6.39. The minimum absolute atomic E-state index is 0.243. The van der Waals surface area contributed by atoms with Gasteiger partial charge in [0.15, 0.2) is 0 Å². The van der Waals surface area contributed by atoms with Gasteiger partial charge in [-0.3, -0.25) is 4.79 Å². The first kappa shape index (κ1) is 19.4. The summed E-state index contributed by atoms with van der Waals surface area (Å²) >= 11 is 1.51. The maximum atomic E-state index is 12.6. The van der Waals surface area contributed by atoms with E-state index in [-0.39, 0.29) is 11.9 Å². The zero-order chi connectivity index (χ0) is 19.4. The van der Waals surface area contributed by atoms with Crippen LogP contribution in [0.1, 0.15) is 64.5 Å². The average molecular weight is 384 g/mol. The first-order chi connectivity index (χ1) is 13.0. The highest BCUT2D eigenvalue weighted by Crippen LogP contribution is 2.43. The Morgan fingerprint density at radius 2 is 2.04 bits per heavy atom. The molecule has 0 aliphatic heterocycles. The van der Waals surface area contributed by atoms with Crippen LogP contribution in [0.3, 0.4) is 0 Å². The molecule has 1 aromatic heterocycles. The second kappa shape index (κ2) is 8.53. The second-order valence-corrected chi connectivity index (χ2v) is 8.00. The molecule has 0 saturated carbocycles. The lowest BCUT2D eigenvalue weighted by molar-refractivity contribution is -0.111. The zero-order valence-electron chi connectivity index (χ0n) is 16.0. The molecule has 0 radical (unpaired) electrons. The van der Waals surface area contributed by atoms with Crippen molar-refractivity contribution in [2.24, 2.45) is 0 Å². The maximum absolute atomic E-state index is 12.6. The van der Waals surface area contributed by atoms with E-state index in [9.17, 15) is 9.59 Å². The number of aryl methyl sites for hydroxylation is 2. The van der Waals surface area contributed by atoms with Crippen molar-refractivity contribution in [3.63, 3.8) is 0 Å². The van der Waals surface area contributed by atoms with Crippen LogP contribution in [0.25, 0.3) is 6.08 Å². The van der Waals surface area contributed by atoms with Crippen LogP contribution in [0.4, 0.5) is 5.00 Å². The van der Waals surface area contributed by atoms with Crippen LogP contribution in [0, 0.1) is 6.92 Å². The fourth-order valence-corrected chi connectivity index (χ4v) is 4.76. The summed E-state index contributed by atoms with van der Waals surface area (Å²) in [4.78, 5) is 26.2. The predicted octanol–water partition coefficient (Wildman–Crippen LogP) is 5.32. The van der Waals surface area contributed by atoms with Gasteiger partial charge in [0, 0.05) is 11.0 Å². The number of amides is 1. The quantitative estimate of drug-likeness (QED) is 0.561. The third-order valence-corrected chi connectivity index (χ3v) is 5.96. The van der Waals surface area contributed by atoms with Crippen molar-refractivity contribution in [1.29, 1.82) is 0 Å². The summed E-state index contributed by atoms with van der Waals surface area (Å²) in [5.41, 5.74) is 3.73. The fourth-order valence-electron chi connectivity index (χ4n) is 3.41. The number of ether oxygens (including phenoxy) is 1. The number of rotatable bonds is 5. The number of hydrogen-bond donors (Lipinski definition) is 1. The molecule has 1 aliphatic carbocycles. The van der Waals surface area contributed by atoms with E-state index in [2.05, 4.69) is 12.2 Å². The standard InChI is InChI=1S/C22H25NO3S/c1-4-26-22(25)20-19-15(3)6-5-7-17(19)27-21(20)23-18(24)13-12-16-10-8-14(2)9-11-16/h8-13,15H,4-7H2,1-3H3,(H,23,24). The first-order valence-corrected chi connectivity index (χ1v) is 10.2. The smallest absolute Gasteiger partial charge is 0.341 e. The summed E-state index contributed by atoms with van der Waals surface area (Å²) in [6, 6.07) is 7.94. The monoisotopic (exact) mass is 383 g/mol. The molecular weight excluding hydrogens is 358 g/mol. The molecule has 1 amide bonds. The van der Waals surface area contributed by atoms with Crippen LogP contribution in [-0.4, -0.2) is 18.5 Å². The number of thiophene rings is 1. The van der Waals surface area contributed by atoms with Gasteiger partial charge in [-0.1, -0.05) is 36.8 Å². The summed E-state index contributed by atoms with van der Waals surface area (Å²) in [5, 5.41) is 3.50. The van der Waals surface area contributed by atoms with Crippen LogP contribution >= 0.6 is 11.3 Å². The fraction of sp³-hybridized carbons (Fsp3) is 0.364. The molecule has 1 unspecified atom stereocenters. The van der Waals surface area contributed by atoms with E-state index in [1.807, 2.05) is 31.2 Å². The molecule has 1 heterocycles. The van der Waals surface area contributed by atoms with E-state index >= 15 is 0 Å². The summed E-state index contributed by atoms with van der Waals surface area (Å²) in [5.74, 6) is -0.285. The molecule has 0 saturated heterocycles. The number of fused-ring (bicyclic) bond motifs is 1. The van der Waals surface area contributed by atoms with Gasteiger partial charge in [-0.25, -0.2) is 4.79 Å². The van der Waals surface area contributed by atoms with Crippen molar-refractivity contribution < 1.29 is 14.3 Å². The Hall–Kier alpha value is -2.40. The molecule has 1 aliphatic rings. The van der Waals surface area contributed by atoms with Gasteiger partial charge in [0.1, 0.15) is 5.00 Å². The lowest BCUT2D eigenvalue weighted by atomic mass is 9.86. The van der Waals surface area contributed by atoms with Crippen molar-refractivity contribution in [1.82, 2.24) is 0 Å². The molecule has 142 valence electrons. The molecule has 0 bridgehead atoms. The van der Waals surface area contributed by atoms with E-state index in [0.717, 1.165) is 30.4 Å². The van der Waals surface area contributed by atoms with E-state index in [1.165, 1.54) is 27.9 Å². The lowest BCUT2D eigenvalue weighted by Crippen LogP contribution is -2.15. The maximum Gasteiger partial charge on any atom is 0.341 e. The van der Waals surface area contributed by atoms with Crippen molar-refractivity contribution >= 4 is 34.3 Å². The molecule has 5 heteroatoms. The van der Waals surface area contributed by atoms with E-state index < -0.39 is 0 Å². The molecule has 0 spiro atoms. The van der Waals surface area contributed by atoms with Crippen LogP contribution < -0.4 is 5.32 Å². The topological polar surface area (TPSA) is 55.4 Å². The third-order valence-electron chi connectivity index (χ3n) is 4.78. The van der Waals surface area contributed by atoms with E-state index in [1.54, 1.807) is 13.0 Å². The Morgan fingerprint density at radius 3 is 2.74 bits per heavy atom. The Morgan fingerprint density at radius 1 is 1.30 bits per heavy atom. The highest BCUT2D eigenvalue weighted by Gasteiger charge is 2.30. The molecular formula is C22H25NO3S. The van der Waals surface area contributed by atoms with Crippen molar-refractivity contribution in [2.45, 2.75) is 46.0 Å².